The first-order valence-electron chi connectivity index (χ1n) is 7.86. The topological polar surface area (TPSA) is 78.5 Å². The van der Waals surface area contributed by atoms with Crippen LogP contribution in [0.2, 0.25) is 0 Å². The van der Waals surface area contributed by atoms with Crippen molar-refractivity contribution in [1.29, 1.82) is 0 Å². The molecule has 1 atom stereocenters. The van der Waals surface area contributed by atoms with Crippen molar-refractivity contribution in [3.8, 4) is 0 Å². The summed E-state index contributed by atoms with van der Waals surface area (Å²) in [6.07, 6.45) is 0.0252. The minimum absolute atomic E-state index is 0.0252. The largest absolute Gasteiger partial charge is 0.312 e. The molecule has 0 aromatic heterocycles. The lowest BCUT2D eigenvalue weighted by Crippen LogP contribution is -2.45. The minimum Gasteiger partial charge on any atom is -0.312 e. The summed E-state index contributed by atoms with van der Waals surface area (Å²) in [6.45, 7) is 0.171. The normalized spacial score (nSPS) is 16.5. The second kappa shape index (κ2) is 7.65. The molecule has 0 bridgehead atoms. The van der Waals surface area contributed by atoms with Crippen LogP contribution in [0.4, 0.5) is 10.1 Å². The lowest BCUT2D eigenvalue weighted by Gasteiger charge is -2.16. The molecule has 26 heavy (non-hydrogen) atoms. The molecule has 134 valence electrons. The van der Waals surface area contributed by atoms with Crippen LogP contribution in [-0.2, 0) is 9.59 Å². The molecule has 3 amide bonds. The predicted octanol–water partition coefficient (Wildman–Crippen LogP) is 2.40. The van der Waals surface area contributed by atoms with Gasteiger partial charge in [-0.3, -0.25) is 25.2 Å². The van der Waals surface area contributed by atoms with Gasteiger partial charge >= 0.3 is 0 Å². The van der Waals surface area contributed by atoms with Crippen LogP contribution in [0.3, 0.4) is 0 Å². The Morgan fingerprint density at radius 3 is 2.35 bits per heavy atom. The van der Waals surface area contributed by atoms with Crippen molar-refractivity contribution in [1.82, 2.24) is 10.9 Å². The fourth-order valence-corrected chi connectivity index (χ4v) is 2.91. The number of hydrogen-bond donors (Lipinski definition) is 2. The quantitative estimate of drug-likeness (QED) is 0.749. The zero-order chi connectivity index (χ0) is 18.7. The molecule has 0 radical (unpaired) electrons. The molecule has 2 aromatic rings. The molecule has 1 aliphatic heterocycles. The summed E-state index contributed by atoms with van der Waals surface area (Å²) < 4.78 is 13.8. The number of nitrogens with one attached hydrogen (secondary N) is 2. The van der Waals surface area contributed by atoms with Crippen LogP contribution in [0.5, 0.6) is 0 Å². The summed E-state index contributed by atoms with van der Waals surface area (Å²) in [4.78, 5) is 37.8. The van der Waals surface area contributed by atoms with Crippen LogP contribution in [0, 0.1) is 11.7 Å². The van der Waals surface area contributed by atoms with Crippen molar-refractivity contribution in [2.45, 2.75) is 6.42 Å². The SMILES string of the molecule is O=C(NNC(=O)[C@H]1CC(=O)N(c2ccc(F)cc2)C1)c1ccc(Br)cc1. The molecular formula is C18H15BrFN3O3. The van der Waals surface area contributed by atoms with Crippen LogP contribution in [0.1, 0.15) is 16.8 Å². The number of benzene rings is 2. The van der Waals surface area contributed by atoms with Crippen LogP contribution in [0.25, 0.3) is 0 Å². The first kappa shape index (κ1) is 18.1. The van der Waals surface area contributed by atoms with Crippen molar-refractivity contribution >= 4 is 39.3 Å². The van der Waals surface area contributed by atoms with E-state index in [-0.39, 0.29) is 18.9 Å². The van der Waals surface area contributed by atoms with Gasteiger partial charge in [0.05, 0.1) is 5.92 Å². The van der Waals surface area contributed by atoms with Gasteiger partial charge in [0, 0.05) is 28.7 Å². The molecule has 1 fully saturated rings. The van der Waals surface area contributed by atoms with E-state index in [1.165, 1.54) is 29.2 Å². The Labute approximate surface area is 157 Å². The van der Waals surface area contributed by atoms with E-state index in [9.17, 15) is 18.8 Å². The van der Waals surface area contributed by atoms with Gasteiger partial charge in [-0.25, -0.2) is 4.39 Å². The first-order chi connectivity index (χ1) is 12.4. The molecular weight excluding hydrogens is 405 g/mol. The predicted molar refractivity (Wildman–Crippen MR) is 96.6 cm³/mol. The summed E-state index contributed by atoms with van der Waals surface area (Å²) in [7, 11) is 0. The zero-order valence-corrected chi connectivity index (χ0v) is 15.1. The van der Waals surface area contributed by atoms with Gasteiger partial charge in [0.15, 0.2) is 0 Å². The summed E-state index contributed by atoms with van der Waals surface area (Å²) >= 11 is 3.28. The van der Waals surface area contributed by atoms with Crippen molar-refractivity contribution in [2.24, 2.45) is 5.92 Å². The Morgan fingerprint density at radius 2 is 1.69 bits per heavy atom. The van der Waals surface area contributed by atoms with Crippen LogP contribution < -0.4 is 15.8 Å². The number of nitrogens with zero attached hydrogens (tertiary/aromatic N) is 1. The van der Waals surface area contributed by atoms with E-state index in [1.54, 1.807) is 24.3 Å². The summed E-state index contributed by atoms with van der Waals surface area (Å²) in [6, 6.07) is 12.1. The standard InChI is InChI=1S/C18H15BrFN3O3/c19-13-3-1-11(2-4-13)17(25)21-22-18(26)12-9-16(24)23(10-12)15-7-5-14(20)6-8-15/h1-8,12H,9-10H2,(H,21,25)(H,22,26)/t12-/m0/s1. The third-order valence-electron chi connectivity index (χ3n) is 4.04. The average Bonchev–Trinajstić information content (AvgIpc) is 3.02. The second-order valence-electron chi connectivity index (χ2n) is 5.83. The monoisotopic (exact) mass is 419 g/mol. The summed E-state index contributed by atoms with van der Waals surface area (Å²) in [5, 5.41) is 0. The van der Waals surface area contributed by atoms with E-state index in [0.29, 0.717) is 11.3 Å². The fraction of sp³-hybridized carbons (Fsp3) is 0.167. The Hall–Kier alpha value is -2.74. The second-order valence-corrected chi connectivity index (χ2v) is 6.75. The Morgan fingerprint density at radius 1 is 1.04 bits per heavy atom. The third-order valence-corrected chi connectivity index (χ3v) is 4.57. The number of amides is 3. The van der Waals surface area contributed by atoms with Gasteiger partial charge in [-0.2, -0.15) is 0 Å². The minimum atomic E-state index is -0.599. The van der Waals surface area contributed by atoms with Crippen molar-refractivity contribution < 1.29 is 18.8 Å². The Kier molecular flexibility index (Phi) is 5.32. The molecule has 2 N–H and O–H groups in total. The lowest BCUT2D eigenvalue weighted by molar-refractivity contribution is -0.126. The van der Waals surface area contributed by atoms with Gasteiger partial charge in [-0.1, -0.05) is 15.9 Å². The maximum absolute atomic E-state index is 13.0. The van der Waals surface area contributed by atoms with Crippen LogP contribution >= 0.6 is 15.9 Å². The van der Waals surface area contributed by atoms with E-state index >= 15 is 0 Å². The summed E-state index contributed by atoms with van der Waals surface area (Å²) in [5.74, 6) is -2.13. The van der Waals surface area contributed by atoms with E-state index in [1.807, 2.05) is 0 Å². The number of rotatable bonds is 3. The molecule has 6 nitrogen and oxygen atoms in total. The van der Waals surface area contributed by atoms with Crippen molar-refractivity contribution in [2.75, 3.05) is 11.4 Å². The molecule has 0 saturated carbocycles. The molecule has 0 unspecified atom stereocenters. The Bertz CT molecular complexity index is 840. The molecule has 1 heterocycles. The highest BCUT2D eigenvalue weighted by atomic mass is 79.9. The summed E-state index contributed by atoms with van der Waals surface area (Å²) in [5.41, 5.74) is 5.61. The third kappa shape index (κ3) is 4.08. The first-order valence-corrected chi connectivity index (χ1v) is 8.65. The number of hydrogen-bond acceptors (Lipinski definition) is 3. The number of halogens is 2. The van der Waals surface area contributed by atoms with Gasteiger partial charge in [-0.05, 0) is 48.5 Å². The Balaban J connectivity index is 1.57. The number of carbonyl (C=O) groups excluding carboxylic acids is 3. The van der Waals surface area contributed by atoms with E-state index < -0.39 is 23.5 Å². The van der Waals surface area contributed by atoms with Gasteiger partial charge < -0.3 is 4.90 Å². The van der Waals surface area contributed by atoms with E-state index in [2.05, 4.69) is 26.8 Å². The van der Waals surface area contributed by atoms with Crippen molar-refractivity contribution in [3.05, 3.63) is 64.4 Å². The van der Waals surface area contributed by atoms with E-state index in [4.69, 9.17) is 0 Å². The van der Waals surface area contributed by atoms with Gasteiger partial charge in [0.2, 0.25) is 11.8 Å². The maximum Gasteiger partial charge on any atom is 0.269 e. The van der Waals surface area contributed by atoms with Crippen LogP contribution in [0.15, 0.2) is 53.0 Å². The van der Waals surface area contributed by atoms with Crippen molar-refractivity contribution in [3.63, 3.8) is 0 Å². The van der Waals surface area contributed by atoms with Gasteiger partial charge in [0.25, 0.3) is 5.91 Å². The number of anilines is 1. The molecule has 1 saturated heterocycles. The average molecular weight is 420 g/mol. The van der Waals surface area contributed by atoms with Gasteiger partial charge in [0.1, 0.15) is 5.82 Å². The van der Waals surface area contributed by atoms with Crippen LogP contribution in [-0.4, -0.2) is 24.3 Å². The smallest absolute Gasteiger partial charge is 0.269 e. The highest BCUT2D eigenvalue weighted by Gasteiger charge is 2.35. The lowest BCUT2D eigenvalue weighted by atomic mass is 10.1. The molecule has 2 aromatic carbocycles. The molecule has 0 spiro atoms. The highest BCUT2D eigenvalue weighted by molar-refractivity contribution is 9.10. The number of carbonyl (C=O) groups is 3. The molecule has 3 rings (SSSR count). The maximum atomic E-state index is 13.0. The highest BCUT2D eigenvalue weighted by Crippen LogP contribution is 2.25. The van der Waals surface area contributed by atoms with Gasteiger partial charge in [-0.15, -0.1) is 0 Å². The molecule has 0 aliphatic carbocycles. The fourth-order valence-electron chi connectivity index (χ4n) is 2.65. The number of hydrazine groups is 1. The van der Waals surface area contributed by atoms with E-state index in [0.717, 1.165) is 4.47 Å². The zero-order valence-electron chi connectivity index (χ0n) is 13.5. The molecule has 8 heteroatoms. The molecule has 1 aliphatic rings.